The fourth-order valence-electron chi connectivity index (χ4n) is 1.64. The molecule has 2 rings (SSSR count). The Hall–Kier alpha value is -1.51. The lowest BCUT2D eigenvalue weighted by molar-refractivity contribution is 0.441. The van der Waals surface area contributed by atoms with Gasteiger partial charge in [0.15, 0.2) is 5.96 Å². The van der Waals surface area contributed by atoms with Crippen LogP contribution in [-0.2, 0) is 13.1 Å². The quantitative estimate of drug-likeness (QED) is 0.471. The molecule has 0 bridgehead atoms. The molecular formula is C10H13N3. The summed E-state index contributed by atoms with van der Waals surface area (Å²) in [5, 5.41) is 0. The number of rotatable bonds is 0. The van der Waals surface area contributed by atoms with Crippen LogP contribution >= 0.6 is 0 Å². The minimum atomic E-state index is 0.621. The first-order valence-corrected chi connectivity index (χ1v) is 4.35. The molecule has 0 saturated carbocycles. The summed E-state index contributed by atoms with van der Waals surface area (Å²) >= 11 is 0. The molecule has 0 radical (unpaired) electrons. The lowest BCUT2D eigenvalue weighted by Crippen LogP contribution is -2.32. The minimum absolute atomic E-state index is 0.621. The lowest BCUT2D eigenvalue weighted by atomic mass is 10.1. The van der Waals surface area contributed by atoms with Crippen LogP contribution < -0.4 is 5.73 Å². The molecule has 0 atom stereocenters. The first-order valence-electron chi connectivity index (χ1n) is 4.35. The van der Waals surface area contributed by atoms with Crippen LogP contribution in [0.1, 0.15) is 11.1 Å². The molecule has 2 N–H and O–H groups in total. The number of guanidine groups is 1. The van der Waals surface area contributed by atoms with Gasteiger partial charge in [-0.1, -0.05) is 24.3 Å². The summed E-state index contributed by atoms with van der Waals surface area (Å²) in [5.41, 5.74) is 8.44. The first-order chi connectivity index (χ1) is 6.31. The Kier molecular flexibility index (Phi) is 1.93. The van der Waals surface area contributed by atoms with Crippen LogP contribution in [0, 0.1) is 0 Å². The van der Waals surface area contributed by atoms with Crippen molar-refractivity contribution < 1.29 is 0 Å². The van der Waals surface area contributed by atoms with E-state index in [-0.39, 0.29) is 0 Å². The fourth-order valence-corrected chi connectivity index (χ4v) is 1.64. The Morgan fingerprint density at radius 1 is 1.31 bits per heavy atom. The number of hydrogen-bond acceptors (Lipinski definition) is 1. The van der Waals surface area contributed by atoms with Crippen LogP contribution in [0.5, 0.6) is 0 Å². The Bertz CT molecular complexity index is 319. The van der Waals surface area contributed by atoms with Crippen LogP contribution in [0.15, 0.2) is 29.3 Å². The average Bonchev–Trinajstić information content (AvgIpc) is 2.59. The van der Waals surface area contributed by atoms with E-state index in [0.717, 1.165) is 13.1 Å². The van der Waals surface area contributed by atoms with Crippen molar-refractivity contribution in [2.45, 2.75) is 13.1 Å². The molecule has 0 fully saturated rings. The third-order valence-corrected chi connectivity index (χ3v) is 2.39. The summed E-state index contributed by atoms with van der Waals surface area (Å²) in [7, 11) is 1.72. The fraction of sp³-hybridized carbons (Fsp3) is 0.300. The van der Waals surface area contributed by atoms with Gasteiger partial charge >= 0.3 is 0 Å². The number of nitrogens with zero attached hydrogens (tertiary/aromatic N) is 2. The molecule has 0 aliphatic carbocycles. The molecule has 3 nitrogen and oxygen atoms in total. The van der Waals surface area contributed by atoms with E-state index in [1.807, 2.05) is 0 Å². The number of hydrogen-bond donors (Lipinski definition) is 1. The second kappa shape index (κ2) is 3.09. The summed E-state index contributed by atoms with van der Waals surface area (Å²) in [6.45, 7) is 1.78. The monoisotopic (exact) mass is 175 g/mol. The van der Waals surface area contributed by atoms with Crippen molar-refractivity contribution in [3.8, 4) is 0 Å². The summed E-state index contributed by atoms with van der Waals surface area (Å²) in [5.74, 6) is 0.621. The molecule has 0 unspecified atom stereocenters. The molecule has 3 heteroatoms. The van der Waals surface area contributed by atoms with Gasteiger partial charge in [0.2, 0.25) is 0 Å². The van der Waals surface area contributed by atoms with E-state index < -0.39 is 0 Å². The van der Waals surface area contributed by atoms with Gasteiger partial charge in [0, 0.05) is 20.1 Å². The first kappa shape index (κ1) is 8.10. The SMILES string of the molecule is CN=C(N)N1Cc2ccccc2C1. The minimum Gasteiger partial charge on any atom is -0.370 e. The van der Waals surface area contributed by atoms with E-state index >= 15 is 0 Å². The molecule has 0 spiro atoms. The predicted octanol–water partition coefficient (Wildman–Crippen LogP) is 0.947. The molecule has 1 aliphatic rings. The van der Waals surface area contributed by atoms with Gasteiger partial charge in [-0.25, -0.2) is 0 Å². The summed E-state index contributed by atoms with van der Waals surface area (Å²) < 4.78 is 0. The van der Waals surface area contributed by atoms with Crippen molar-refractivity contribution in [2.75, 3.05) is 7.05 Å². The summed E-state index contributed by atoms with van der Waals surface area (Å²) in [6, 6.07) is 8.39. The molecule has 0 amide bonds. The van der Waals surface area contributed by atoms with Gasteiger partial charge < -0.3 is 10.6 Å². The van der Waals surface area contributed by atoms with Crippen molar-refractivity contribution in [1.29, 1.82) is 0 Å². The van der Waals surface area contributed by atoms with Crippen molar-refractivity contribution in [1.82, 2.24) is 4.90 Å². The summed E-state index contributed by atoms with van der Waals surface area (Å²) in [4.78, 5) is 6.05. The van der Waals surface area contributed by atoms with Crippen LogP contribution in [0.25, 0.3) is 0 Å². The standard InChI is InChI=1S/C10H13N3/c1-12-10(11)13-6-8-4-2-3-5-9(8)7-13/h2-5H,6-7H2,1H3,(H2,11,12). The van der Waals surface area contributed by atoms with E-state index in [0.29, 0.717) is 5.96 Å². The molecular weight excluding hydrogens is 162 g/mol. The van der Waals surface area contributed by atoms with Gasteiger partial charge in [-0.3, -0.25) is 4.99 Å². The van der Waals surface area contributed by atoms with Gasteiger partial charge in [0.05, 0.1) is 0 Å². The van der Waals surface area contributed by atoms with Crippen molar-refractivity contribution in [3.63, 3.8) is 0 Å². The Morgan fingerprint density at radius 3 is 2.31 bits per heavy atom. The zero-order valence-electron chi connectivity index (χ0n) is 7.70. The third-order valence-electron chi connectivity index (χ3n) is 2.39. The summed E-state index contributed by atoms with van der Waals surface area (Å²) in [6.07, 6.45) is 0. The Labute approximate surface area is 77.9 Å². The molecule has 1 aliphatic heterocycles. The van der Waals surface area contributed by atoms with Crippen molar-refractivity contribution in [2.24, 2.45) is 10.7 Å². The molecule has 1 aromatic rings. The van der Waals surface area contributed by atoms with Crippen molar-refractivity contribution >= 4 is 5.96 Å². The number of nitrogens with two attached hydrogens (primary N) is 1. The van der Waals surface area contributed by atoms with Crippen LogP contribution in [0.2, 0.25) is 0 Å². The van der Waals surface area contributed by atoms with E-state index in [1.54, 1.807) is 7.05 Å². The molecule has 0 aromatic heterocycles. The van der Waals surface area contributed by atoms with E-state index in [9.17, 15) is 0 Å². The zero-order chi connectivity index (χ0) is 9.26. The number of benzene rings is 1. The molecule has 13 heavy (non-hydrogen) atoms. The zero-order valence-corrected chi connectivity index (χ0v) is 7.70. The number of fused-ring (bicyclic) bond motifs is 1. The van der Waals surface area contributed by atoms with E-state index in [1.165, 1.54) is 11.1 Å². The van der Waals surface area contributed by atoms with Gasteiger partial charge in [-0.05, 0) is 11.1 Å². The van der Waals surface area contributed by atoms with Gasteiger partial charge in [0.1, 0.15) is 0 Å². The van der Waals surface area contributed by atoms with Crippen LogP contribution in [-0.4, -0.2) is 17.9 Å². The largest absolute Gasteiger partial charge is 0.370 e. The molecule has 1 heterocycles. The van der Waals surface area contributed by atoms with Crippen LogP contribution in [0.3, 0.4) is 0 Å². The topological polar surface area (TPSA) is 41.6 Å². The smallest absolute Gasteiger partial charge is 0.191 e. The second-order valence-corrected chi connectivity index (χ2v) is 3.21. The normalized spacial score (nSPS) is 16.1. The molecule has 68 valence electrons. The van der Waals surface area contributed by atoms with E-state index in [2.05, 4.69) is 34.2 Å². The Morgan fingerprint density at radius 2 is 1.85 bits per heavy atom. The average molecular weight is 175 g/mol. The third kappa shape index (κ3) is 1.37. The lowest BCUT2D eigenvalue weighted by Gasteiger charge is -2.14. The molecule has 0 saturated heterocycles. The maximum Gasteiger partial charge on any atom is 0.191 e. The van der Waals surface area contributed by atoms with Crippen LogP contribution in [0.4, 0.5) is 0 Å². The van der Waals surface area contributed by atoms with Gasteiger partial charge in [-0.2, -0.15) is 0 Å². The maximum atomic E-state index is 5.73. The highest BCUT2D eigenvalue weighted by Crippen LogP contribution is 2.21. The highest BCUT2D eigenvalue weighted by atomic mass is 15.3. The predicted molar refractivity (Wildman–Crippen MR) is 53.2 cm³/mol. The van der Waals surface area contributed by atoms with Gasteiger partial charge in [-0.15, -0.1) is 0 Å². The highest BCUT2D eigenvalue weighted by molar-refractivity contribution is 5.78. The maximum absolute atomic E-state index is 5.73. The van der Waals surface area contributed by atoms with Crippen molar-refractivity contribution in [3.05, 3.63) is 35.4 Å². The number of aliphatic imine (C=N–C) groups is 1. The van der Waals surface area contributed by atoms with E-state index in [4.69, 9.17) is 5.73 Å². The van der Waals surface area contributed by atoms with Gasteiger partial charge in [0.25, 0.3) is 0 Å². The second-order valence-electron chi connectivity index (χ2n) is 3.21. The highest BCUT2D eigenvalue weighted by Gasteiger charge is 2.18. The Balaban J connectivity index is 2.23. The molecule has 1 aromatic carbocycles.